The molecular weight excluding hydrogens is 336 g/mol. The van der Waals surface area contributed by atoms with E-state index < -0.39 is 0 Å². The highest BCUT2D eigenvalue weighted by molar-refractivity contribution is 8.13. The molecule has 0 aromatic rings. The molecule has 0 fully saturated rings. The van der Waals surface area contributed by atoms with Gasteiger partial charge in [-0.2, -0.15) is 11.8 Å². The van der Waals surface area contributed by atoms with Gasteiger partial charge in [0.2, 0.25) is 0 Å². The van der Waals surface area contributed by atoms with Gasteiger partial charge in [-0.1, -0.05) is 11.8 Å². The first-order valence-electron chi connectivity index (χ1n) is 9.41. The number of thioether (sulfide) groups is 2. The molecule has 5 heteroatoms. The van der Waals surface area contributed by atoms with E-state index in [0.717, 1.165) is 30.3 Å². The van der Waals surface area contributed by atoms with Crippen LogP contribution in [0.4, 0.5) is 0 Å². The molecule has 0 aliphatic heterocycles. The van der Waals surface area contributed by atoms with Crippen molar-refractivity contribution in [3.05, 3.63) is 0 Å². The van der Waals surface area contributed by atoms with Crippen LogP contribution in [-0.2, 0) is 4.79 Å². The van der Waals surface area contributed by atoms with Gasteiger partial charge in [0.15, 0.2) is 5.12 Å². The molecule has 0 spiro atoms. The molecule has 0 atom stereocenters. The van der Waals surface area contributed by atoms with Crippen molar-refractivity contribution in [3.8, 4) is 0 Å². The molecule has 0 bridgehead atoms. The second-order valence-electron chi connectivity index (χ2n) is 7.43. The lowest BCUT2D eigenvalue weighted by Crippen LogP contribution is -2.38. The van der Waals surface area contributed by atoms with Crippen LogP contribution in [0.5, 0.6) is 0 Å². The average Bonchev–Trinajstić information content (AvgIpc) is 2.45. The first-order chi connectivity index (χ1) is 11.2. The molecule has 3 nitrogen and oxygen atoms in total. The summed E-state index contributed by atoms with van der Waals surface area (Å²) >= 11 is 3.42. The van der Waals surface area contributed by atoms with Gasteiger partial charge in [-0.25, -0.2) is 0 Å². The van der Waals surface area contributed by atoms with E-state index in [-0.39, 0.29) is 0 Å². The zero-order valence-electron chi connectivity index (χ0n) is 17.2. The second kappa shape index (κ2) is 13.5. The van der Waals surface area contributed by atoms with Gasteiger partial charge in [0.05, 0.1) is 0 Å². The van der Waals surface area contributed by atoms with Gasteiger partial charge in [0.1, 0.15) is 0 Å². The summed E-state index contributed by atoms with van der Waals surface area (Å²) < 4.78 is 0. The molecule has 0 aliphatic carbocycles. The van der Waals surface area contributed by atoms with Crippen LogP contribution in [0.15, 0.2) is 0 Å². The van der Waals surface area contributed by atoms with Gasteiger partial charge in [-0.3, -0.25) is 14.6 Å². The smallest absolute Gasteiger partial charge is 0.189 e. The van der Waals surface area contributed by atoms with Crippen molar-refractivity contribution in [3.63, 3.8) is 0 Å². The maximum atomic E-state index is 12.0. The number of rotatable bonds is 13. The van der Waals surface area contributed by atoms with E-state index >= 15 is 0 Å². The Morgan fingerprint density at radius 2 is 1.12 bits per heavy atom. The van der Waals surface area contributed by atoms with Crippen molar-refractivity contribution < 1.29 is 4.79 Å². The van der Waals surface area contributed by atoms with Crippen LogP contribution in [0.1, 0.15) is 61.8 Å². The third-order valence-corrected chi connectivity index (χ3v) is 6.09. The summed E-state index contributed by atoms with van der Waals surface area (Å²) in [7, 11) is 0. The minimum Gasteiger partial charge on any atom is -0.298 e. The Hall–Kier alpha value is 0.290. The fourth-order valence-corrected chi connectivity index (χ4v) is 4.77. The largest absolute Gasteiger partial charge is 0.298 e. The highest BCUT2D eigenvalue weighted by Crippen LogP contribution is 2.14. The number of hydrogen-bond acceptors (Lipinski definition) is 5. The molecule has 0 amide bonds. The van der Waals surface area contributed by atoms with Crippen LogP contribution in [0.3, 0.4) is 0 Å². The fraction of sp³-hybridized carbons (Fsp3) is 0.947. The van der Waals surface area contributed by atoms with Gasteiger partial charge in [-0.05, 0) is 55.4 Å². The average molecular weight is 377 g/mol. The minimum atomic E-state index is 0.347. The molecule has 0 aromatic carbocycles. The maximum Gasteiger partial charge on any atom is 0.189 e. The highest BCUT2D eigenvalue weighted by Gasteiger charge is 2.14. The Balaban J connectivity index is 3.80. The lowest BCUT2D eigenvalue weighted by Gasteiger charge is -2.30. The molecule has 144 valence electrons. The van der Waals surface area contributed by atoms with Crippen LogP contribution < -0.4 is 0 Å². The van der Waals surface area contributed by atoms with Crippen LogP contribution in [0.25, 0.3) is 0 Å². The Morgan fingerprint density at radius 1 is 0.708 bits per heavy atom. The molecular formula is C19H40N2OS2. The molecule has 0 rings (SSSR count). The zero-order valence-corrected chi connectivity index (χ0v) is 18.8. The third kappa shape index (κ3) is 11.0. The van der Waals surface area contributed by atoms with Crippen LogP contribution in [-0.4, -0.2) is 69.4 Å². The molecule has 0 aromatic heterocycles. The van der Waals surface area contributed by atoms with E-state index in [9.17, 15) is 4.79 Å². The first-order valence-corrected chi connectivity index (χ1v) is 11.6. The van der Waals surface area contributed by atoms with E-state index in [0.29, 0.717) is 35.7 Å². The maximum absolute atomic E-state index is 12.0. The van der Waals surface area contributed by atoms with Gasteiger partial charge >= 0.3 is 0 Å². The molecule has 0 saturated carbocycles. The topological polar surface area (TPSA) is 23.6 Å². The van der Waals surface area contributed by atoms with E-state index in [2.05, 4.69) is 65.2 Å². The minimum absolute atomic E-state index is 0.347. The number of carbonyl (C=O) groups excluding carboxylic acids is 1. The fourth-order valence-electron chi connectivity index (χ4n) is 2.99. The monoisotopic (exact) mass is 376 g/mol. The van der Waals surface area contributed by atoms with E-state index in [1.165, 1.54) is 11.8 Å². The number of nitrogens with zero attached hydrogens (tertiary/aromatic N) is 2. The summed E-state index contributed by atoms with van der Waals surface area (Å²) in [6.45, 7) is 20.0. The first kappa shape index (κ1) is 24.3. The molecule has 0 N–H and O–H groups in total. The summed E-state index contributed by atoms with van der Waals surface area (Å²) in [6, 6.07) is 2.27. The predicted molar refractivity (Wildman–Crippen MR) is 113 cm³/mol. The van der Waals surface area contributed by atoms with Crippen LogP contribution >= 0.6 is 23.5 Å². The van der Waals surface area contributed by atoms with Crippen molar-refractivity contribution in [2.45, 2.75) is 86.0 Å². The molecule has 0 unspecified atom stereocenters. The predicted octanol–water partition coefficient (Wildman–Crippen LogP) is 4.61. The third-order valence-electron chi connectivity index (χ3n) is 4.21. The van der Waals surface area contributed by atoms with Gasteiger partial charge in [-0.15, -0.1) is 0 Å². The zero-order chi connectivity index (χ0) is 18.7. The van der Waals surface area contributed by atoms with Crippen molar-refractivity contribution >= 4 is 28.6 Å². The second-order valence-corrected chi connectivity index (χ2v) is 9.81. The summed E-state index contributed by atoms with van der Waals surface area (Å²) in [6.07, 6.45) is 0.696. The molecule has 0 radical (unpaired) electrons. The Morgan fingerprint density at radius 3 is 1.54 bits per heavy atom. The van der Waals surface area contributed by atoms with Crippen molar-refractivity contribution in [1.82, 2.24) is 9.80 Å². The molecule has 0 heterocycles. The van der Waals surface area contributed by atoms with Gasteiger partial charge in [0.25, 0.3) is 0 Å². The van der Waals surface area contributed by atoms with Gasteiger partial charge < -0.3 is 0 Å². The lowest BCUT2D eigenvalue weighted by molar-refractivity contribution is -0.110. The highest BCUT2D eigenvalue weighted by atomic mass is 32.2. The van der Waals surface area contributed by atoms with E-state index in [1.54, 1.807) is 0 Å². The summed E-state index contributed by atoms with van der Waals surface area (Å²) in [4.78, 5) is 17.0. The normalized spacial score (nSPS) is 12.6. The number of carbonyl (C=O) groups is 1. The molecule has 0 saturated heterocycles. The lowest BCUT2D eigenvalue weighted by atomic mass is 10.2. The Bertz CT molecular complexity index is 317. The summed E-state index contributed by atoms with van der Waals surface area (Å²) in [5.41, 5.74) is 0. The van der Waals surface area contributed by atoms with E-state index in [4.69, 9.17) is 0 Å². The van der Waals surface area contributed by atoms with Gasteiger partial charge in [0, 0.05) is 60.9 Å². The number of hydrogen-bond donors (Lipinski definition) is 0. The van der Waals surface area contributed by atoms with Crippen LogP contribution in [0.2, 0.25) is 0 Å². The van der Waals surface area contributed by atoms with Crippen molar-refractivity contribution in [2.24, 2.45) is 0 Å². The van der Waals surface area contributed by atoms with E-state index in [1.807, 2.05) is 11.8 Å². The summed E-state index contributed by atoms with van der Waals surface area (Å²) in [5, 5.41) is 0.347. The SMILES string of the molecule is CC(C)N(CCSCCC(=O)SCCN(C(C)C)C(C)C)C(C)C. The quantitative estimate of drug-likeness (QED) is 0.437. The molecule has 0 aliphatic rings. The Labute approximate surface area is 159 Å². The molecule has 24 heavy (non-hydrogen) atoms. The summed E-state index contributed by atoms with van der Waals surface area (Å²) in [5.74, 6) is 2.98. The van der Waals surface area contributed by atoms with Crippen LogP contribution in [0, 0.1) is 0 Å². The van der Waals surface area contributed by atoms with Crippen molar-refractivity contribution in [1.29, 1.82) is 0 Å². The standard InChI is InChI=1S/C19H40N2OS2/c1-15(2)20(16(3)4)10-13-23-12-9-19(22)24-14-11-21(17(5)6)18(7)8/h15-18H,9-14H2,1-8H3. The van der Waals surface area contributed by atoms with Crippen molar-refractivity contribution in [2.75, 3.05) is 30.3 Å². The Kier molecular flexibility index (Phi) is 13.7.